The fourth-order valence-electron chi connectivity index (χ4n) is 3.50. The fourth-order valence-corrected chi connectivity index (χ4v) is 3.65. The highest BCUT2D eigenvalue weighted by atomic mass is 35.5. The average molecular weight is 429 g/mol. The first kappa shape index (κ1) is 20.4. The molecule has 0 radical (unpaired) electrons. The first-order valence-electron chi connectivity index (χ1n) is 9.98. The standard InChI is InChI=1S/C21H25ClN6O2/c1-21(2,3)30-20(29)27-7-4-5-15(13-27)25-18-12-23-10-16(26-18)17-11-24-19-9-14(22)6-8-28(17)19/h6,8-12,15H,4-5,7,13H2,1-3H3,(H,25,26). The van der Waals surface area contributed by atoms with E-state index in [9.17, 15) is 4.79 Å². The molecule has 158 valence electrons. The molecule has 1 aliphatic heterocycles. The minimum Gasteiger partial charge on any atom is -0.444 e. The van der Waals surface area contributed by atoms with Crippen LogP contribution < -0.4 is 5.32 Å². The number of rotatable bonds is 3. The largest absolute Gasteiger partial charge is 0.444 e. The minimum absolute atomic E-state index is 0.0804. The summed E-state index contributed by atoms with van der Waals surface area (Å²) < 4.78 is 7.43. The van der Waals surface area contributed by atoms with Gasteiger partial charge in [-0.1, -0.05) is 11.6 Å². The van der Waals surface area contributed by atoms with Gasteiger partial charge in [-0.25, -0.2) is 14.8 Å². The molecule has 1 aliphatic rings. The van der Waals surface area contributed by atoms with Crippen molar-refractivity contribution in [2.45, 2.75) is 45.3 Å². The number of anilines is 1. The van der Waals surface area contributed by atoms with Crippen LogP contribution in [-0.2, 0) is 4.74 Å². The van der Waals surface area contributed by atoms with E-state index in [-0.39, 0.29) is 12.1 Å². The second-order valence-corrected chi connectivity index (χ2v) is 8.85. The normalized spacial score (nSPS) is 17.2. The van der Waals surface area contributed by atoms with E-state index in [0.717, 1.165) is 24.2 Å². The van der Waals surface area contributed by atoms with Gasteiger partial charge >= 0.3 is 6.09 Å². The molecule has 0 aromatic carbocycles. The molecule has 1 fully saturated rings. The third kappa shape index (κ3) is 4.64. The van der Waals surface area contributed by atoms with Crippen molar-refractivity contribution >= 4 is 29.2 Å². The number of imidazole rings is 1. The summed E-state index contributed by atoms with van der Waals surface area (Å²) in [6.07, 6.45) is 8.58. The van der Waals surface area contributed by atoms with Crippen LogP contribution in [-0.4, -0.2) is 55.1 Å². The third-order valence-corrected chi connectivity index (χ3v) is 5.03. The molecule has 0 spiro atoms. The molecule has 4 heterocycles. The maximum Gasteiger partial charge on any atom is 0.410 e. The number of halogens is 1. The number of carbonyl (C=O) groups is 1. The van der Waals surface area contributed by atoms with Gasteiger partial charge in [0.05, 0.1) is 24.3 Å². The summed E-state index contributed by atoms with van der Waals surface area (Å²) in [6.45, 7) is 6.89. The summed E-state index contributed by atoms with van der Waals surface area (Å²) in [5.74, 6) is 0.660. The third-order valence-electron chi connectivity index (χ3n) is 4.80. The molecule has 1 amide bonds. The molecule has 3 aromatic rings. The van der Waals surface area contributed by atoms with Crippen LogP contribution in [0.5, 0.6) is 0 Å². The lowest BCUT2D eigenvalue weighted by atomic mass is 10.1. The number of aromatic nitrogens is 4. The van der Waals surface area contributed by atoms with Crippen molar-refractivity contribution in [2.75, 3.05) is 18.4 Å². The molecule has 3 aromatic heterocycles. The van der Waals surface area contributed by atoms with Crippen molar-refractivity contribution in [1.29, 1.82) is 0 Å². The van der Waals surface area contributed by atoms with Crippen LogP contribution in [0.15, 0.2) is 36.9 Å². The SMILES string of the molecule is CC(C)(C)OC(=O)N1CCCC(Nc2cncc(-c3cnc4cc(Cl)ccn34)n2)C1. The summed E-state index contributed by atoms with van der Waals surface area (Å²) in [6, 6.07) is 3.69. The zero-order valence-electron chi connectivity index (χ0n) is 17.3. The summed E-state index contributed by atoms with van der Waals surface area (Å²) in [4.78, 5) is 27.6. The highest BCUT2D eigenvalue weighted by molar-refractivity contribution is 6.30. The quantitative estimate of drug-likeness (QED) is 0.671. The maximum atomic E-state index is 12.4. The monoisotopic (exact) mass is 428 g/mol. The summed E-state index contributed by atoms with van der Waals surface area (Å²) >= 11 is 6.05. The number of nitrogens with one attached hydrogen (secondary N) is 1. The average Bonchev–Trinajstić information content (AvgIpc) is 3.10. The summed E-state index contributed by atoms with van der Waals surface area (Å²) in [7, 11) is 0. The number of piperidine rings is 1. The molecule has 1 saturated heterocycles. The van der Waals surface area contributed by atoms with Crippen molar-refractivity contribution in [1.82, 2.24) is 24.3 Å². The van der Waals surface area contributed by atoms with Crippen molar-refractivity contribution < 1.29 is 9.53 Å². The van der Waals surface area contributed by atoms with E-state index < -0.39 is 5.60 Å². The lowest BCUT2D eigenvalue weighted by molar-refractivity contribution is 0.0206. The van der Waals surface area contributed by atoms with E-state index >= 15 is 0 Å². The molecule has 0 bridgehead atoms. The van der Waals surface area contributed by atoms with Crippen molar-refractivity contribution in [3.05, 3.63) is 41.9 Å². The highest BCUT2D eigenvalue weighted by Gasteiger charge is 2.27. The molecular formula is C21H25ClN6O2. The van der Waals surface area contributed by atoms with Gasteiger partial charge in [-0.15, -0.1) is 0 Å². The van der Waals surface area contributed by atoms with Gasteiger partial charge in [0.2, 0.25) is 0 Å². The van der Waals surface area contributed by atoms with E-state index in [1.165, 1.54) is 0 Å². The van der Waals surface area contributed by atoms with Crippen LogP contribution in [0.1, 0.15) is 33.6 Å². The van der Waals surface area contributed by atoms with Crippen molar-refractivity contribution in [3.8, 4) is 11.4 Å². The number of amides is 1. The molecule has 1 atom stereocenters. The molecule has 0 saturated carbocycles. The van der Waals surface area contributed by atoms with Gasteiger partial charge in [-0.05, 0) is 39.7 Å². The molecule has 8 nitrogen and oxygen atoms in total. The second-order valence-electron chi connectivity index (χ2n) is 8.42. The summed E-state index contributed by atoms with van der Waals surface area (Å²) in [5.41, 5.74) is 1.78. The van der Waals surface area contributed by atoms with Crippen LogP contribution in [0.25, 0.3) is 17.0 Å². The van der Waals surface area contributed by atoms with E-state index in [0.29, 0.717) is 29.6 Å². The molecule has 0 aliphatic carbocycles. The van der Waals surface area contributed by atoms with Gasteiger partial charge in [-0.2, -0.15) is 0 Å². The Morgan fingerprint density at radius 2 is 2.13 bits per heavy atom. The Labute approximate surface area is 180 Å². The Balaban J connectivity index is 1.48. The Kier molecular flexibility index (Phi) is 5.51. The molecule has 1 unspecified atom stereocenters. The van der Waals surface area contributed by atoms with Crippen LogP contribution in [0.4, 0.5) is 10.6 Å². The van der Waals surface area contributed by atoms with E-state index in [1.807, 2.05) is 37.4 Å². The predicted molar refractivity (Wildman–Crippen MR) is 116 cm³/mol. The molecule has 4 rings (SSSR count). The number of nitrogens with zero attached hydrogens (tertiary/aromatic N) is 5. The van der Waals surface area contributed by atoms with E-state index in [2.05, 4.69) is 15.3 Å². The minimum atomic E-state index is -0.504. The summed E-state index contributed by atoms with van der Waals surface area (Å²) in [5, 5.41) is 4.05. The first-order chi connectivity index (χ1) is 14.3. The Morgan fingerprint density at radius 1 is 1.30 bits per heavy atom. The van der Waals surface area contributed by atoms with Crippen molar-refractivity contribution in [3.63, 3.8) is 0 Å². The van der Waals surface area contributed by atoms with E-state index in [4.69, 9.17) is 21.3 Å². The lowest BCUT2D eigenvalue weighted by Gasteiger charge is -2.34. The number of carbonyl (C=O) groups excluding carboxylic acids is 1. The topological polar surface area (TPSA) is 84.6 Å². The Hall–Kier alpha value is -2.87. The number of ether oxygens (including phenoxy) is 1. The fraction of sp³-hybridized carbons (Fsp3) is 0.429. The van der Waals surface area contributed by atoms with Gasteiger partial charge < -0.3 is 15.0 Å². The zero-order valence-corrected chi connectivity index (χ0v) is 18.1. The second kappa shape index (κ2) is 8.10. The smallest absolute Gasteiger partial charge is 0.410 e. The van der Waals surface area contributed by atoms with Gasteiger partial charge in [-0.3, -0.25) is 9.38 Å². The van der Waals surface area contributed by atoms with Crippen LogP contribution >= 0.6 is 11.6 Å². The first-order valence-corrected chi connectivity index (χ1v) is 10.4. The highest BCUT2D eigenvalue weighted by Crippen LogP contribution is 2.23. The Bertz CT molecular complexity index is 1060. The van der Waals surface area contributed by atoms with Gasteiger partial charge in [0.25, 0.3) is 0 Å². The maximum absolute atomic E-state index is 12.4. The zero-order chi connectivity index (χ0) is 21.3. The number of hydrogen-bond acceptors (Lipinski definition) is 6. The van der Waals surface area contributed by atoms with E-state index in [1.54, 1.807) is 29.6 Å². The molecule has 9 heteroatoms. The molecule has 30 heavy (non-hydrogen) atoms. The van der Waals surface area contributed by atoms with Crippen LogP contribution in [0.3, 0.4) is 0 Å². The number of fused-ring (bicyclic) bond motifs is 1. The number of hydrogen-bond donors (Lipinski definition) is 1. The molecule has 1 N–H and O–H groups in total. The predicted octanol–water partition coefficient (Wildman–Crippen LogP) is 4.26. The van der Waals surface area contributed by atoms with Gasteiger partial charge in [0.15, 0.2) is 0 Å². The van der Waals surface area contributed by atoms with Gasteiger partial charge in [0.1, 0.15) is 22.8 Å². The number of likely N-dealkylation sites (tertiary alicyclic amines) is 1. The Morgan fingerprint density at radius 3 is 2.93 bits per heavy atom. The van der Waals surface area contributed by atoms with Gasteiger partial charge in [0, 0.05) is 36.4 Å². The lowest BCUT2D eigenvalue weighted by Crippen LogP contribution is -2.47. The molecular weight excluding hydrogens is 404 g/mol. The van der Waals surface area contributed by atoms with Crippen LogP contribution in [0, 0.1) is 0 Å². The van der Waals surface area contributed by atoms with Crippen molar-refractivity contribution in [2.24, 2.45) is 0 Å². The number of pyridine rings is 1. The van der Waals surface area contributed by atoms with Crippen LogP contribution in [0.2, 0.25) is 5.02 Å².